The van der Waals surface area contributed by atoms with Gasteiger partial charge in [0.2, 0.25) is 0 Å². The van der Waals surface area contributed by atoms with Crippen LogP contribution >= 0.6 is 0 Å². The monoisotopic (exact) mass is 323 g/mol. The van der Waals surface area contributed by atoms with E-state index in [4.69, 9.17) is 14.2 Å². The summed E-state index contributed by atoms with van der Waals surface area (Å²) >= 11 is 0. The second-order valence-corrected chi connectivity index (χ2v) is 4.94. The molecule has 0 amide bonds. The molecule has 0 aliphatic carbocycles. The van der Waals surface area contributed by atoms with Gasteiger partial charge in [0.25, 0.3) is 0 Å². The summed E-state index contributed by atoms with van der Waals surface area (Å²) in [6.07, 6.45) is 3.36. The number of nitrogens with zero attached hydrogens (tertiary/aromatic N) is 3. The van der Waals surface area contributed by atoms with Gasteiger partial charge in [-0.25, -0.2) is 4.98 Å². The second-order valence-electron chi connectivity index (χ2n) is 4.94. The van der Waals surface area contributed by atoms with Crippen LogP contribution in [0.1, 0.15) is 0 Å². The normalized spacial score (nSPS) is 10.3. The van der Waals surface area contributed by atoms with Crippen molar-refractivity contribution in [3.63, 3.8) is 0 Å². The molecular weight excluding hydrogens is 306 g/mol. The van der Waals surface area contributed by atoms with Crippen LogP contribution in [-0.2, 0) is 0 Å². The highest BCUT2D eigenvalue weighted by Gasteiger charge is 2.11. The van der Waals surface area contributed by atoms with Crippen molar-refractivity contribution in [1.29, 1.82) is 0 Å². The summed E-state index contributed by atoms with van der Waals surface area (Å²) in [4.78, 5) is 13.4. The van der Waals surface area contributed by atoms with Gasteiger partial charge in [-0.05, 0) is 12.1 Å². The largest absolute Gasteiger partial charge is 0.497 e. The van der Waals surface area contributed by atoms with Gasteiger partial charge in [-0.1, -0.05) is 0 Å². The summed E-state index contributed by atoms with van der Waals surface area (Å²) in [5.74, 6) is 2.10. The van der Waals surface area contributed by atoms with Crippen molar-refractivity contribution in [2.24, 2.45) is 0 Å². The summed E-state index contributed by atoms with van der Waals surface area (Å²) in [5, 5.41) is 0. The van der Waals surface area contributed by atoms with Gasteiger partial charge >= 0.3 is 0 Å². The molecule has 122 valence electrons. The summed E-state index contributed by atoms with van der Waals surface area (Å²) in [7, 11) is 4.84. The molecule has 3 heterocycles. The fourth-order valence-electron chi connectivity index (χ4n) is 2.24. The first-order valence-corrected chi connectivity index (χ1v) is 7.30. The Morgan fingerprint density at radius 1 is 0.583 bits per heavy atom. The van der Waals surface area contributed by atoms with Gasteiger partial charge in [-0.3, -0.25) is 9.97 Å². The van der Waals surface area contributed by atoms with E-state index >= 15 is 0 Å². The topological polar surface area (TPSA) is 66.4 Å². The van der Waals surface area contributed by atoms with Crippen molar-refractivity contribution in [2.45, 2.75) is 0 Å². The van der Waals surface area contributed by atoms with Gasteiger partial charge in [-0.15, -0.1) is 0 Å². The van der Waals surface area contributed by atoms with E-state index in [0.717, 1.165) is 0 Å². The average molecular weight is 323 g/mol. The summed E-state index contributed by atoms with van der Waals surface area (Å²) in [5.41, 5.74) is 2.73. The molecule has 0 radical (unpaired) electrons. The van der Waals surface area contributed by atoms with Gasteiger partial charge in [0.15, 0.2) is 0 Å². The standard InChI is InChI=1S/C18H17N3O3/c1-22-12-4-6-19-15(8-12)17-10-14(24-3)11-18(21-17)16-9-13(23-2)5-7-20-16/h4-11H,1-3H3. The molecule has 0 aliphatic heterocycles. The van der Waals surface area contributed by atoms with Gasteiger partial charge in [0, 0.05) is 36.7 Å². The average Bonchev–Trinajstić information content (AvgIpc) is 2.67. The van der Waals surface area contributed by atoms with E-state index in [0.29, 0.717) is 40.0 Å². The number of methoxy groups -OCH3 is 3. The number of pyridine rings is 3. The molecule has 24 heavy (non-hydrogen) atoms. The molecule has 6 nitrogen and oxygen atoms in total. The quantitative estimate of drug-likeness (QED) is 0.718. The molecule has 6 heteroatoms. The lowest BCUT2D eigenvalue weighted by Crippen LogP contribution is -1.96. The molecule has 3 rings (SSSR count). The Kier molecular flexibility index (Phi) is 4.56. The lowest BCUT2D eigenvalue weighted by Gasteiger charge is -2.09. The third-order valence-electron chi connectivity index (χ3n) is 3.49. The summed E-state index contributed by atoms with van der Waals surface area (Å²) in [6, 6.07) is 10.9. The van der Waals surface area contributed by atoms with Crippen LogP contribution in [0.25, 0.3) is 22.8 Å². The minimum atomic E-state index is 0.671. The zero-order valence-corrected chi connectivity index (χ0v) is 13.7. The zero-order chi connectivity index (χ0) is 16.9. The van der Waals surface area contributed by atoms with Crippen molar-refractivity contribution >= 4 is 0 Å². The molecule has 0 saturated carbocycles. The number of ether oxygens (including phenoxy) is 3. The maximum absolute atomic E-state index is 5.39. The van der Waals surface area contributed by atoms with E-state index in [1.165, 1.54) is 0 Å². The van der Waals surface area contributed by atoms with Crippen LogP contribution in [0.2, 0.25) is 0 Å². The predicted octanol–water partition coefficient (Wildman–Crippen LogP) is 3.23. The summed E-state index contributed by atoms with van der Waals surface area (Å²) in [6.45, 7) is 0. The number of aromatic nitrogens is 3. The second kappa shape index (κ2) is 6.95. The Hall–Kier alpha value is -3.15. The van der Waals surface area contributed by atoms with Crippen molar-refractivity contribution in [3.05, 3.63) is 48.8 Å². The third-order valence-corrected chi connectivity index (χ3v) is 3.49. The zero-order valence-electron chi connectivity index (χ0n) is 13.7. The van der Waals surface area contributed by atoms with E-state index < -0.39 is 0 Å². The highest BCUT2D eigenvalue weighted by atomic mass is 16.5. The fraction of sp³-hybridized carbons (Fsp3) is 0.167. The number of hydrogen-bond donors (Lipinski definition) is 0. The van der Waals surface area contributed by atoms with Crippen LogP contribution in [0.5, 0.6) is 17.2 Å². The Balaban J connectivity index is 2.11. The molecular formula is C18H17N3O3. The number of rotatable bonds is 5. The van der Waals surface area contributed by atoms with Gasteiger partial charge in [0.1, 0.15) is 17.2 Å². The molecule has 0 N–H and O–H groups in total. The Bertz CT molecular complexity index is 787. The van der Waals surface area contributed by atoms with E-state index in [1.54, 1.807) is 45.9 Å². The van der Waals surface area contributed by atoms with Crippen molar-refractivity contribution < 1.29 is 14.2 Å². The van der Waals surface area contributed by atoms with E-state index in [2.05, 4.69) is 15.0 Å². The molecule has 0 atom stereocenters. The highest BCUT2D eigenvalue weighted by Crippen LogP contribution is 2.29. The van der Waals surface area contributed by atoms with Crippen molar-refractivity contribution in [3.8, 4) is 40.0 Å². The third kappa shape index (κ3) is 3.27. The predicted molar refractivity (Wildman–Crippen MR) is 90.4 cm³/mol. The fourth-order valence-corrected chi connectivity index (χ4v) is 2.24. The van der Waals surface area contributed by atoms with Crippen molar-refractivity contribution in [2.75, 3.05) is 21.3 Å². The van der Waals surface area contributed by atoms with Gasteiger partial charge in [0.05, 0.1) is 44.1 Å². The Morgan fingerprint density at radius 2 is 1.00 bits per heavy atom. The smallest absolute Gasteiger partial charge is 0.123 e. The first kappa shape index (κ1) is 15.7. The van der Waals surface area contributed by atoms with Crippen molar-refractivity contribution in [1.82, 2.24) is 15.0 Å². The number of hydrogen-bond acceptors (Lipinski definition) is 6. The molecule has 0 unspecified atom stereocenters. The van der Waals surface area contributed by atoms with Crippen LogP contribution in [0.15, 0.2) is 48.8 Å². The molecule has 0 aromatic carbocycles. The Labute approximate surface area is 140 Å². The highest BCUT2D eigenvalue weighted by molar-refractivity contribution is 5.66. The molecule has 3 aromatic rings. The van der Waals surface area contributed by atoms with Crippen LogP contribution in [0, 0.1) is 0 Å². The molecule has 0 aliphatic rings. The van der Waals surface area contributed by atoms with E-state index in [1.807, 2.05) is 24.3 Å². The lowest BCUT2D eigenvalue weighted by atomic mass is 10.1. The maximum atomic E-state index is 5.39. The summed E-state index contributed by atoms with van der Waals surface area (Å²) < 4.78 is 15.9. The first-order valence-electron chi connectivity index (χ1n) is 7.30. The first-order chi connectivity index (χ1) is 11.7. The minimum Gasteiger partial charge on any atom is -0.497 e. The maximum Gasteiger partial charge on any atom is 0.123 e. The van der Waals surface area contributed by atoms with Crippen LogP contribution in [-0.4, -0.2) is 36.3 Å². The van der Waals surface area contributed by atoms with Crippen LogP contribution < -0.4 is 14.2 Å². The lowest BCUT2D eigenvalue weighted by molar-refractivity contribution is 0.413. The molecule has 0 bridgehead atoms. The van der Waals surface area contributed by atoms with E-state index in [9.17, 15) is 0 Å². The molecule has 0 saturated heterocycles. The van der Waals surface area contributed by atoms with Crippen LogP contribution in [0.3, 0.4) is 0 Å². The van der Waals surface area contributed by atoms with Gasteiger partial charge in [-0.2, -0.15) is 0 Å². The SMILES string of the molecule is COc1ccnc(-c2cc(OC)cc(-c3cc(OC)ccn3)n2)c1. The Morgan fingerprint density at radius 3 is 1.42 bits per heavy atom. The minimum absolute atomic E-state index is 0.671. The van der Waals surface area contributed by atoms with Crippen LogP contribution in [0.4, 0.5) is 0 Å². The van der Waals surface area contributed by atoms with E-state index in [-0.39, 0.29) is 0 Å². The molecule has 0 spiro atoms. The molecule has 0 fully saturated rings. The van der Waals surface area contributed by atoms with Gasteiger partial charge < -0.3 is 14.2 Å². The molecule has 3 aromatic heterocycles.